The van der Waals surface area contributed by atoms with Gasteiger partial charge in [-0.15, -0.1) is 0 Å². The van der Waals surface area contributed by atoms with Gasteiger partial charge in [0, 0.05) is 25.0 Å². The van der Waals surface area contributed by atoms with Gasteiger partial charge in [0.25, 0.3) is 0 Å². The highest BCUT2D eigenvalue weighted by Crippen LogP contribution is 2.10. The number of nitrogens with one attached hydrogen (secondary N) is 5. The Bertz CT molecular complexity index is 1240. The molecule has 0 aromatic rings. The summed E-state index contributed by atoms with van der Waals surface area (Å²) < 4.78 is 22.7. The highest BCUT2D eigenvalue weighted by Gasteiger charge is 2.33. The average molecular weight is 677 g/mol. The number of carbonyl (C=O) groups is 7. The molecule has 0 aromatic carbocycles. The van der Waals surface area contributed by atoms with Crippen molar-refractivity contribution in [1.29, 1.82) is 0 Å². The zero-order valence-corrected chi connectivity index (χ0v) is 27.8. The Hall–Kier alpha value is -4.06. The number of carboxylic acids is 1. The first-order chi connectivity index (χ1) is 21.2. The maximum absolute atomic E-state index is 13.3. The second-order valence-corrected chi connectivity index (χ2v) is 13.3. The van der Waals surface area contributed by atoms with Crippen molar-refractivity contribution >= 4 is 51.2 Å². The fraction of sp³-hybridized carbons (Fsp3) is 0.679. The molecule has 0 bridgehead atoms. The van der Waals surface area contributed by atoms with E-state index < -0.39 is 88.1 Å². The molecular weight excluding hydrogens is 628 g/mol. The van der Waals surface area contributed by atoms with Gasteiger partial charge in [-0.3, -0.25) is 28.8 Å². The van der Waals surface area contributed by atoms with Gasteiger partial charge in [-0.1, -0.05) is 40.2 Å². The normalized spacial score (nSPS) is 15.5. The van der Waals surface area contributed by atoms with Crippen LogP contribution in [0.4, 0.5) is 0 Å². The molecule has 0 aliphatic rings. The summed E-state index contributed by atoms with van der Waals surface area (Å²) in [5.74, 6) is -6.92. The van der Waals surface area contributed by atoms with Crippen molar-refractivity contribution in [2.75, 3.05) is 12.9 Å². The van der Waals surface area contributed by atoms with Crippen molar-refractivity contribution in [3.63, 3.8) is 0 Å². The molecule has 9 N–H and O–H groups in total. The molecule has 0 rings (SSSR count). The number of hydrogen-bond donors (Lipinski definition) is 8. The Morgan fingerprint density at radius 3 is 1.76 bits per heavy atom. The fourth-order valence-electron chi connectivity index (χ4n) is 4.04. The molecule has 0 heterocycles. The number of carbonyl (C=O) groups excluding carboxylic acids is 6. The van der Waals surface area contributed by atoms with Gasteiger partial charge in [0.15, 0.2) is 9.84 Å². The molecule has 0 aliphatic heterocycles. The molecule has 0 saturated carbocycles. The highest BCUT2D eigenvalue weighted by molar-refractivity contribution is 7.93. The van der Waals surface area contributed by atoms with Gasteiger partial charge >= 0.3 is 5.97 Å². The van der Waals surface area contributed by atoms with Crippen LogP contribution in [0.3, 0.4) is 0 Å². The van der Waals surface area contributed by atoms with Crippen molar-refractivity contribution in [2.24, 2.45) is 17.6 Å². The predicted molar refractivity (Wildman–Crippen MR) is 166 cm³/mol. The summed E-state index contributed by atoms with van der Waals surface area (Å²) in [4.78, 5) is 87.2. The van der Waals surface area contributed by atoms with Crippen LogP contribution in [-0.4, -0.2) is 103 Å². The number of amides is 6. The van der Waals surface area contributed by atoms with E-state index in [1.165, 1.54) is 6.92 Å². The lowest BCUT2D eigenvalue weighted by atomic mass is 9.98. The molecule has 0 spiro atoms. The Labute approximate surface area is 268 Å². The third kappa shape index (κ3) is 16.9. The maximum Gasteiger partial charge on any atom is 0.326 e. The minimum Gasteiger partial charge on any atom is -0.480 e. The summed E-state index contributed by atoms with van der Waals surface area (Å²) in [5, 5.41) is 32.0. The van der Waals surface area contributed by atoms with Crippen LogP contribution >= 0.6 is 0 Å². The summed E-state index contributed by atoms with van der Waals surface area (Å²) in [7, 11) is -3.55. The average Bonchev–Trinajstić information content (AvgIpc) is 2.93. The smallest absolute Gasteiger partial charge is 0.326 e. The van der Waals surface area contributed by atoms with Crippen LogP contribution in [0.2, 0.25) is 0 Å². The van der Waals surface area contributed by atoms with Gasteiger partial charge in [0.1, 0.15) is 30.2 Å². The number of primary amides is 1. The maximum atomic E-state index is 13.3. The van der Waals surface area contributed by atoms with E-state index in [2.05, 4.69) is 26.6 Å². The summed E-state index contributed by atoms with van der Waals surface area (Å²) in [5.41, 5.74) is 5.23. The molecule has 0 aromatic heterocycles. The van der Waals surface area contributed by atoms with E-state index >= 15 is 0 Å². The lowest BCUT2D eigenvalue weighted by Gasteiger charge is -2.27. The van der Waals surface area contributed by atoms with E-state index in [1.54, 1.807) is 27.7 Å². The number of aliphatic carboxylic acids is 1. The van der Waals surface area contributed by atoms with E-state index in [9.17, 15) is 52.2 Å². The van der Waals surface area contributed by atoms with Gasteiger partial charge in [-0.25, -0.2) is 13.2 Å². The third-order valence-electron chi connectivity index (χ3n) is 6.65. The molecule has 6 atom stereocenters. The van der Waals surface area contributed by atoms with Crippen LogP contribution in [0.25, 0.3) is 0 Å². The Morgan fingerprint density at radius 2 is 1.30 bits per heavy atom. The zero-order chi connectivity index (χ0) is 35.8. The monoisotopic (exact) mass is 676 g/mol. The van der Waals surface area contributed by atoms with E-state index in [-0.39, 0.29) is 37.5 Å². The fourth-order valence-corrected chi connectivity index (χ4v) is 4.50. The topological polar surface area (TPSA) is 280 Å². The van der Waals surface area contributed by atoms with E-state index in [0.717, 1.165) is 17.7 Å². The number of aliphatic hydroxyl groups is 1. The van der Waals surface area contributed by atoms with Crippen molar-refractivity contribution < 1.29 is 52.2 Å². The minimum absolute atomic E-state index is 0.0229. The van der Waals surface area contributed by atoms with Crippen LogP contribution in [0.15, 0.2) is 11.5 Å². The quantitative estimate of drug-likeness (QED) is 0.0646. The van der Waals surface area contributed by atoms with E-state index in [4.69, 9.17) is 5.73 Å². The third-order valence-corrected chi connectivity index (χ3v) is 7.34. The van der Waals surface area contributed by atoms with Gasteiger partial charge in [0.2, 0.25) is 35.4 Å². The largest absolute Gasteiger partial charge is 0.480 e. The summed E-state index contributed by atoms with van der Waals surface area (Å²) in [6.07, 6.45) is 1.42. The molecule has 18 heteroatoms. The molecule has 262 valence electrons. The van der Waals surface area contributed by atoms with Crippen LogP contribution in [0, 0.1) is 11.8 Å². The van der Waals surface area contributed by atoms with Gasteiger partial charge < -0.3 is 42.5 Å². The number of nitrogens with two attached hydrogens (primary N) is 1. The number of carboxylic acid groups (broad SMARTS) is 1. The van der Waals surface area contributed by atoms with Crippen LogP contribution < -0.4 is 32.3 Å². The second kappa shape index (κ2) is 20.1. The minimum atomic E-state index is -3.55. The van der Waals surface area contributed by atoms with Crippen LogP contribution in [0.5, 0.6) is 0 Å². The standard InChI is InChI=1S/C28H48N6O11S/c1-7-16(4)23(30-17(5)36)27(41)34-21(14-35)26(40)31-18(10-11-22(29)37)24(38)33-20(13-15(2)3)25(39)32-19(28(42)43)9-8-12-46(6,44)45/h8,12,15-16,18-21,23,35H,7,9-11,13-14H2,1-6H3,(H2,29,37)(H,30,36)(H,31,40)(H,32,39)(H,33,38)(H,34,41)(H,42,43)/b12-8+/t16-,18-,19-,20-,21-,23-/m0/s1. The molecule has 0 fully saturated rings. The molecule has 0 aliphatic carbocycles. The molecule has 17 nitrogen and oxygen atoms in total. The highest BCUT2D eigenvalue weighted by atomic mass is 32.2. The molecule has 0 radical (unpaired) electrons. The Kier molecular flexibility index (Phi) is 18.4. The lowest BCUT2D eigenvalue weighted by molar-refractivity contribution is -0.142. The van der Waals surface area contributed by atoms with Crippen LogP contribution in [0.1, 0.15) is 66.7 Å². The molecule has 0 saturated heterocycles. The van der Waals surface area contributed by atoms with Crippen molar-refractivity contribution in [3.05, 3.63) is 11.5 Å². The van der Waals surface area contributed by atoms with E-state index in [1.807, 2.05) is 0 Å². The summed E-state index contributed by atoms with van der Waals surface area (Å²) in [6.45, 7) is 7.27. The second-order valence-electron chi connectivity index (χ2n) is 11.4. The molecule has 46 heavy (non-hydrogen) atoms. The first kappa shape index (κ1) is 41.9. The number of sulfone groups is 1. The predicted octanol–water partition coefficient (Wildman–Crippen LogP) is -2.19. The van der Waals surface area contributed by atoms with Crippen LogP contribution in [-0.2, 0) is 43.4 Å². The van der Waals surface area contributed by atoms with Crippen molar-refractivity contribution in [1.82, 2.24) is 26.6 Å². The van der Waals surface area contributed by atoms with Crippen molar-refractivity contribution in [2.45, 2.75) is 96.9 Å². The van der Waals surface area contributed by atoms with Gasteiger partial charge in [-0.05, 0) is 31.1 Å². The number of aliphatic hydroxyl groups excluding tert-OH is 1. The van der Waals surface area contributed by atoms with Gasteiger partial charge in [0.05, 0.1) is 6.61 Å². The van der Waals surface area contributed by atoms with Gasteiger partial charge in [-0.2, -0.15) is 0 Å². The summed E-state index contributed by atoms with van der Waals surface area (Å²) >= 11 is 0. The first-order valence-corrected chi connectivity index (χ1v) is 16.6. The lowest BCUT2D eigenvalue weighted by Crippen LogP contribution is -2.60. The first-order valence-electron chi connectivity index (χ1n) is 14.7. The molecular formula is C28H48N6O11S. The Balaban J connectivity index is 5.99. The molecule has 6 amide bonds. The number of rotatable bonds is 21. The van der Waals surface area contributed by atoms with Crippen molar-refractivity contribution in [3.8, 4) is 0 Å². The molecule has 0 unspecified atom stereocenters. The Morgan fingerprint density at radius 1 is 0.804 bits per heavy atom. The zero-order valence-electron chi connectivity index (χ0n) is 27.0. The SMILES string of the molecule is CC[C@H](C)[C@H](NC(C)=O)C(=O)N[C@@H](CO)C(=O)N[C@@H](CCC(N)=O)C(=O)N[C@@H](CC(C)C)C(=O)N[C@@H](C/C=C/S(C)(=O)=O)C(=O)O. The number of hydrogen-bond acceptors (Lipinski definition) is 10. The van der Waals surface area contributed by atoms with E-state index in [0.29, 0.717) is 6.42 Å². The summed E-state index contributed by atoms with van der Waals surface area (Å²) in [6, 6.07) is -6.92.